The zero-order valence-corrected chi connectivity index (χ0v) is 13.8. The Bertz CT molecular complexity index is 1040. The molecule has 6 heteroatoms. The number of amides is 1. The Morgan fingerprint density at radius 3 is 2.79 bits per heavy atom. The van der Waals surface area contributed by atoms with E-state index in [0.29, 0.717) is 4.88 Å². The highest BCUT2D eigenvalue weighted by Crippen LogP contribution is 2.26. The number of rotatable bonds is 3. The monoisotopic (exact) mass is 337 g/mol. The Kier molecular flexibility index (Phi) is 3.55. The predicted octanol–water partition coefficient (Wildman–Crippen LogP) is 3.32. The molecule has 0 fully saturated rings. The van der Waals surface area contributed by atoms with Gasteiger partial charge in [0.1, 0.15) is 4.88 Å². The van der Waals surface area contributed by atoms with Gasteiger partial charge in [0.25, 0.3) is 5.91 Å². The smallest absolute Gasteiger partial charge is 0.269 e. The van der Waals surface area contributed by atoms with Crippen LogP contribution in [0.1, 0.15) is 15.2 Å². The van der Waals surface area contributed by atoms with Crippen LogP contribution in [0.3, 0.4) is 0 Å². The van der Waals surface area contributed by atoms with Crippen LogP contribution in [0, 0.1) is 0 Å². The van der Waals surface area contributed by atoms with Crippen LogP contribution in [0.5, 0.6) is 0 Å². The first-order valence-corrected chi connectivity index (χ1v) is 8.33. The minimum absolute atomic E-state index is 0.0180. The first kappa shape index (κ1) is 14.9. The predicted molar refractivity (Wildman–Crippen MR) is 95.7 cm³/mol. The van der Waals surface area contributed by atoms with Crippen molar-refractivity contribution in [2.45, 2.75) is 6.61 Å². The lowest BCUT2D eigenvalue weighted by Gasteiger charge is -2.15. The van der Waals surface area contributed by atoms with Crippen molar-refractivity contribution in [2.75, 3.05) is 11.9 Å². The van der Waals surface area contributed by atoms with Crippen molar-refractivity contribution in [3.8, 4) is 0 Å². The molecule has 0 aliphatic rings. The lowest BCUT2D eigenvalue weighted by molar-refractivity contribution is 0.0996. The number of aromatic nitrogens is 2. The fourth-order valence-electron chi connectivity index (χ4n) is 2.69. The number of imidazole rings is 1. The van der Waals surface area contributed by atoms with E-state index in [1.807, 2.05) is 59.1 Å². The van der Waals surface area contributed by atoms with Crippen LogP contribution in [0.25, 0.3) is 16.0 Å². The highest BCUT2D eigenvalue weighted by Gasteiger charge is 2.18. The minimum Gasteiger partial charge on any atom is -0.392 e. The molecule has 2 heterocycles. The summed E-state index contributed by atoms with van der Waals surface area (Å²) in [6.07, 6.45) is 1.82. The summed E-state index contributed by atoms with van der Waals surface area (Å²) in [5.74, 6) is -0.0665. The number of anilines is 1. The van der Waals surface area contributed by atoms with Crippen molar-refractivity contribution in [2.24, 2.45) is 0 Å². The summed E-state index contributed by atoms with van der Waals surface area (Å²) in [6.45, 7) is -0.0180. The molecule has 0 saturated carbocycles. The standard InChI is InChI=1S/C18H15N3O2S/c1-20(13-5-3-2-4-6-13)17(23)16-10-21-15-9-12(11-22)7-8-14(15)19-18(21)24-16/h2-10,22H,11H2,1H3. The average Bonchev–Trinajstić information content (AvgIpc) is 3.18. The molecule has 0 aliphatic carbocycles. The molecule has 1 amide bonds. The van der Waals surface area contributed by atoms with E-state index in [4.69, 9.17) is 0 Å². The third-order valence-electron chi connectivity index (χ3n) is 4.01. The van der Waals surface area contributed by atoms with E-state index in [1.165, 1.54) is 11.3 Å². The van der Waals surface area contributed by atoms with Crippen molar-refractivity contribution >= 4 is 38.9 Å². The lowest BCUT2D eigenvalue weighted by Crippen LogP contribution is -2.25. The van der Waals surface area contributed by atoms with E-state index in [0.717, 1.165) is 27.2 Å². The van der Waals surface area contributed by atoms with E-state index < -0.39 is 0 Å². The Balaban J connectivity index is 1.76. The molecule has 4 aromatic rings. The van der Waals surface area contributed by atoms with Gasteiger partial charge in [-0.05, 0) is 29.8 Å². The first-order valence-electron chi connectivity index (χ1n) is 7.52. The van der Waals surface area contributed by atoms with Gasteiger partial charge in [-0.15, -0.1) is 0 Å². The summed E-state index contributed by atoms with van der Waals surface area (Å²) in [5.41, 5.74) is 3.42. The molecule has 0 aliphatic heterocycles. The van der Waals surface area contributed by atoms with E-state index in [1.54, 1.807) is 11.9 Å². The van der Waals surface area contributed by atoms with Crippen LogP contribution in [0.4, 0.5) is 5.69 Å². The molecule has 0 bridgehead atoms. The molecule has 0 atom stereocenters. The van der Waals surface area contributed by atoms with Crippen molar-refractivity contribution < 1.29 is 9.90 Å². The Morgan fingerprint density at radius 2 is 2.04 bits per heavy atom. The van der Waals surface area contributed by atoms with Crippen molar-refractivity contribution in [3.63, 3.8) is 0 Å². The summed E-state index contributed by atoms with van der Waals surface area (Å²) in [7, 11) is 1.77. The number of carbonyl (C=O) groups excluding carboxylic acids is 1. The summed E-state index contributed by atoms with van der Waals surface area (Å²) >= 11 is 1.37. The molecule has 4 rings (SSSR count). The number of aliphatic hydroxyl groups excluding tert-OH is 1. The molecular weight excluding hydrogens is 322 g/mol. The molecule has 24 heavy (non-hydrogen) atoms. The third kappa shape index (κ3) is 2.36. The van der Waals surface area contributed by atoms with Crippen molar-refractivity contribution in [1.82, 2.24) is 9.38 Å². The van der Waals surface area contributed by atoms with Crippen LogP contribution in [0.15, 0.2) is 54.7 Å². The second kappa shape index (κ2) is 5.74. The number of hydrogen-bond donors (Lipinski definition) is 1. The fraction of sp³-hybridized carbons (Fsp3) is 0.111. The molecular formula is C18H15N3O2S. The summed E-state index contributed by atoms with van der Waals surface area (Å²) in [4.78, 5) is 20.3. The lowest BCUT2D eigenvalue weighted by atomic mass is 10.2. The zero-order valence-electron chi connectivity index (χ0n) is 13.0. The number of fused-ring (bicyclic) bond motifs is 3. The van der Waals surface area contributed by atoms with Crippen molar-refractivity contribution in [1.29, 1.82) is 0 Å². The Morgan fingerprint density at radius 1 is 1.25 bits per heavy atom. The number of aliphatic hydroxyl groups is 1. The molecule has 2 aromatic carbocycles. The summed E-state index contributed by atoms with van der Waals surface area (Å²) in [6, 6.07) is 15.2. The van der Waals surface area contributed by atoms with Gasteiger partial charge >= 0.3 is 0 Å². The Hall–Kier alpha value is -2.70. The number of thiazole rings is 1. The normalized spacial score (nSPS) is 11.2. The third-order valence-corrected chi connectivity index (χ3v) is 4.98. The van der Waals surface area contributed by atoms with E-state index >= 15 is 0 Å². The minimum atomic E-state index is -0.0665. The van der Waals surface area contributed by atoms with Gasteiger partial charge in [0, 0.05) is 18.9 Å². The maximum absolute atomic E-state index is 12.7. The second-order valence-electron chi connectivity index (χ2n) is 5.54. The molecule has 0 radical (unpaired) electrons. The molecule has 5 nitrogen and oxygen atoms in total. The fourth-order valence-corrected chi connectivity index (χ4v) is 3.66. The largest absolute Gasteiger partial charge is 0.392 e. The highest BCUT2D eigenvalue weighted by atomic mass is 32.1. The van der Waals surface area contributed by atoms with Crippen LogP contribution in [0.2, 0.25) is 0 Å². The SMILES string of the molecule is CN(C(=O)c1cn2c(nc3ccc(CO)cc32)s1)c1ccccc1. The molecule has 0 unspecified atom stereocenters. The van der Waals surface area contributed by atoms with Crippen LogP contribution in [-0.4, -0.2) is 27.4 Å². The first-order chi connectivity index (χ1) is 11.7. The van der Waals surface area contributed by atoms with Crippen molar-refractivity contribution in [3.05, 3.63) is 65.2 Å². The van der Waals surface area contributed by atoms with Crippen LogP contribution < -0.4 is 4.90 Å². The van der Waals surface area contributed by atoms with Gasteiger partial charge < -0.3 is 10.0 Å². The zero-order chi connectivity index (χ0) is 16.7. The average molecular weight is 337 g/mol. The molecule has 0 saturated heterocycles. The topological polar surface area (TPSA) is 57.8 Å². The van der Waals surface area contributed by atoms with Gasteiger partial charge in [0.05, 0.1) is 17.6 Å². The molecule has 2 aromatic heterocycles. The van der Waals surface area contributed by atoms with Gasteiger partial charge in [-0.3, -0.25) is 9.20 Å². The van der Waals surface area contributed by atoms with Gasteiger partial charge in [-0.2, -0.15) is 0 Å². The van der Waals surface area contributed by atoms with Gasteiger partial charge in [-0.1, -0.05) is 35.6 Å². The quantitative estimate of drug-likeness (QED) is 0.624. The molecule has 0 spiro atoms. The van der Waals surface area contributed by atoms with E-state index in [-0.39, 0.29) is 12.5 Å². The second-order valence-corrected chi connectivity index (χ2v) is 6.55. The van der Waals surface area contributed by atoms with Crippen LogP contribution >= 0.6 is 11.3 Å². The number of carbonyl (C=O) groups is 1. The van der Waals surface area contributed by atoms with E-state index in [2.05, 4.69) is 4.98 Å². The summed E-state index contributed by atoms with van der Waals surface area (Å²) in [5, 5.41) is 9.31. The number of nitrogens with zero attached hydrogens (tertiary/aromatic N) is 3. The number of hydrogen-bond acceptors (Lipinski definition) is 4. The Labute approximate surface area is 142 Å². The van der Waals surface area contributed by atoms with Crippen LogP contribution in [-0.2, 0) is 6.61 Å². The maximum Gasteiger partial charge on any atom is 0.269 e. The highest BCUT2D eigenvalue weighted by molar-refractivity contribution is 7.19. The number of para-hydroxylation sites is 1. The summed E-state index contributed by atoms with van der Waals surface area (Å²) < 4.78 is 1.91. The van der Waals surface area contributed by atoms with Gasteiger partial charge in [-0.25, -0.2) is 4.98 Å². The molecule has 1 N–H and O–H groups in total. The maximum atomic E-state index is 12.7. The number of benzene rings is 2. The van der Waals surface area contributed by atoms with Gasteiger partial charge in [0.2, 0.25) is 0 Å². The van der Waals surface area contributed by atoms with Gasteiger partial charge in [0.15, 0.2) is 4.96 Å². The van der Waals surface area contributed by atoms with E-state index in [9.17, 15) is 9.90 Å². The molecule has 120 valence electrons.